The van der Waals surface area contributed by atoms with Gasteiger partial charge in [-0.25, -0.2) is 14.8 Å². The molecule has 1 unspecified atom stereocenters. The van der Waals surface area contributed by atoms with E-state index in [-0.39, 0.29) is 18.1 Å². The quantitative estimate of drug-likeness (QED) is 0.427. The van der Waals surface area contributed by atoms with Gasteiger partial charge in [-0.05, 0) is 31.5 Å². The second kappa shape index (κ2) is 8.22. The molecular weight excluding hydrogens is 364 g/mol. The zero-order chi connectivity index (χ0) is 19.4. The molecule has 0 aliphatic carbocycles. The highest BCUT2D eigenvalue weighted by molar-refractivity contribution is 7.99. The normalized spacial score (nSPS) is 12.1. The second-order valence-electron chi connectivity index (χ2n) is 6.24. The summed E-state index contributed by atoms with van der Waals surface area (Å²) in [4.78, 5) is 35.5. The number of nitrogens with one attached hydrogen (secondary N) is 2. The number of aryl methyl sites for hydroxylation is 2. The number of carbonyl (C=O) groups excluding carboxylic acids is 1. The minimum absolute atomic E-state index is 0.0561. The van der Waals surface area contributed by atoms with Crippen molar-refractivity contribution >= 4 is 34.5 Å². The maximum atomic E-state index is 12.2. The first-order valence-electron chi connectivity index (χ1n) is 8.44. The summed E-state index contributed by atoms with van der Waals surface area (Å²) in [5, 5.41) is 13.5. The summed E-state index contributed by atoms with van der Waals surface area (Å²) in [6.07, 6.45) is 1.99. The lowest BCUT2D eigenvalue weighted by Gasteiger charge is -2.14. The second-order valence-corrected chi connectivity index (χ2v) is 7.19. The van der Waals surface area contributed by atoms with E-state index in [9.17, 15) is 14.7 Å². The molecule has 3 aromatic rings. The summed E-state index contributed by atoms with van der Waals surface area (Å²) < 4.78 is 0. The third-order valence-electron chi connectivity index (χ3n) is 4.03. The van der Waals surface area contributed by atoms with Gasteiger partial charge in [0.1, 0.15) is 6.04 Å². The van der Waals surface area contributed by atoms with Crippen molar-refractivity contribution in [1.29, 1.82) is 0 Å². The van der Waals surface area contributed by atoms with Crippen molar-refractivity contribution in [3.05, 3.63) is 53.5 Å². The van der Waals surface area contributed by atoms with Crippen LogP contribution in [0.25, 0.3) is 10.9 Å². The van der Waals surface area contributed by atoms with Crippen molar-refractivity contribution in [3.8, 4) is 0 Å². The van der Waals surface area contributed by atoms with Crippen molar-refractivity contribution in [2.45, 2.75) is 31.5 Å². The molecule has 3 rings (SSSR count). The van der Waals surface area contributed by atoms with Gasteiger partial charge in [0, 0.05) is 34.9 Å². The number of aromatic nitrogens is 3. The number of aromatic amines is 1. The fraction of sp³-hybridized carbons (Fsp3) is 0.263. The zero-order valence-corrected chi connectivity index (χ0v) is 15.8. The number of H-pyrrole nitrogens is 1. The van der Waals surface area contributed by atoms with Crippen LogP contribution in [0.1, 0.15) is 17.0 Å². The molecule has 1 atom stereocenters. The predicted octanol–water partition coefficient (Wildman–Crippen LogP) is 2.48. The molecule has 0 fully saturated rings. The van der Waals surface area contributed by atoms with Crippen LogP contribution in [0.15, 0.2) is 41.7 Å². The van der Waals surface area contributed by atoms with E-state index in [2.05, 4.69) is 20.3 Å². The Kier molecular flexibility index (Phi) is 5.75. The van der Waals surface area contributed by atoms with Gasteiger partial charge < -0.3 is 15.4 Å². The number of thioether (sulfide) groups is 1. The largest absolute Gasteiger partial charge is 0.480 e. The Morgan fingerprint density at radius 1 is 1.22 bits per heavy atom. The maximum absolute atomic E-state index is 12.2. The Labute approximate surface area is 160 Å². The van der Waals surface area contributed by atoms with Crippen LogP contribution in [0.4, 0.5) is 0 Å². The van der Waals surface area contributed by atoms with Gasteiger partial charge >= 0.3 is 5.97 Å². The van der Waals surface area contributed by atoms with Crippen LogP contribution in [-0.4, -0.2) is 43.7 Å². The molecule has 7 nitrogen and oxygen atoms in total. The van der Waals surface area contributed by atoms with E-state index in [0.717, 1.165) is 27.9 Å². The van der Waals surface area contributed by atoms with Crippen LogP contribution < -0.4 is 5.32 Å². The summed E-state index contributed by atoms with van der Waals surface area (Å²) in [6.45, 7) is 3.72. The number of amides is 1. The van der Waals surface area contributed by atoms with E-state index in [4.69, 9.17) is 0 Å². The number of benzene rings is 1. The number of carboxylic acid groups (broad SMARTS) is 1. The number of hydrogen-bond donors (Lipinski definition) is 3. The van der Waals surface area contributed by atoms with E-state index >= 15 is 0 Å². The van der Waals surface area contributed by atoms with E-state index in [1.807, 2.05) is 44.2 Å². The molecule has 0 radical (unpaired) electrons. The molecule has 27 heavy (non-hydrogen) atoms. The molecule has 3 N–H and O–H groups in total. The summed E-state index contributed by atoms with van der Waals surface area (Å²) in [5.74, 6) is -1.38. The number of para-hydroxylation sites is 1. The molecule has 0 aliphatic heterocycles. The van der Waals surface area contributed by atoms with Crippen LogP contribution >= 0.6 is 11.8 Å². The number of aliphatic carboxylic acids is 1. The van der Waals surface area contributed by atoms with Gasteiger partial charge in [0.15, 0.2) is 5.16 Å². The van der Waals surface area contributed by atoms with Crippen LogP contribution in [0, 0.1) is 13.8 Å². The predicted molar refractivity (Wildman–Crippen MR) is 104 cm³/mol. The molecule has 8 heteroatoms. The molecule has 1 amide bonds. The summed E-state index contributed by atoms with van der Waals surface area (Å²) in [5.41, 5.74) is 3.44. The summed E-state index contributed by atoms with van der Waals surface area (Å²) >= 11 is 1.19. The number of rotatable bonds is 7. The minimum atomic E-state index is -1.07. The fourth-order valence-electron chi connectivity index (χ4n) is 2.84. The number of carboxylic acids is 1. The summed E-state index contributed by atoms with van der Waals surface area (Å²) in [7, 11) is 0. The van der Waals surface area contributed by atoms with Crippen LogP contribution in [0.5, 0.6) is 0 Å². The molecule has 0 saturated carbocycles. The molecular formula is C19H20N4O3S. The van der Waals surface area contributed by atoms with Gasteiger partial charge in [-0.3, -0.25) is 4.79 Å². The first-order chi connectivity index (χ1) is 12.9. The minimum Gasteiger partial charge on any atom is -0.480 e. The Bertz CT molecular complexity index is 966. The van der Waals surface area contributed by atoms with Crippen LogP contribution in [-0.2, 0) is 16.0 Å². The Morgan fingerprint density at radius 2 is 1.93 bits per heavy atom. The monoisotopic (exact) mass is 384 g/mol. The van der Waals surface area contributed by atoms with Crippen molar-refractivity contribution < 1.29 is 14.7 Å². The van der Waals surface area contributed by atoms with E-state index in [1.165, 1.54) is 11.8 Å². The van der Waals surface area contributed by atoms with E-state index in [1.54, 1.807) is 6.20 Å². The Morgan fingerprint density at radius 3 is 2.63 bits per heavy atom. The van der Waals surface area contributed by atoms with Crippen molar-refractivity contribution in [2.24, 2.45) is 0 Å². The van der Waals surface area contributed by atoms with Gasteiger partial charge in [-0.15, -0.1) is 0 Å². The standard InChI is InChI=1S/C19H20N4O3S/c1-11-7-12(2)22-19(21-11)27-10-17(24)23-16(18(25)26)8-13-9-20-15-6-4-3-5-14(13)15/h3-7,9,16,20H,8,10H2,1-2H3,(H,23,24)(H,25,26). The SMILES string of the molecule is Cc1cc(C)nc(SCC(=O)NC(Cc2c[nH]c3ccccc23)C(=O)O)n1. The summed E-state index contributed by atoms with van der Waals surface area (Å²) in [6, 6.07) is 8.51. The highest BCUT2D eigenvalue weighted by atomic mass is 32.2. The molecule has 140 valence electrons. The Balaban J connectivity index is 1.63. The van der Waals surface area contributed by atoms with E-state index in [0.29, 0.717) is 5.16 Å². The number of nitrogens with zero attached hydrogens (tertiary/aromatic N) is 2. The highest BCUT2D eigenvalue weighted by Gasteiger charge is 2.22. The lowest BCUT2D eigenvalue weighted by Crippen LogP contribution is -2.43. The fourth-order valence-corrected chi connectivity index (χ4v) is 3.61. The topological polar surface area (TPSA) is 108 Å². The number of carbonyl (C=O) groups is 2. The molecule has 0 bridgehead atoms. The Hall–Kier alpha value is -2.87. The average Bonchev–Trinajstić information content (AvgIpc) is 3.02. The smallest absolute Gasteiger partial charge is 0.326 e. The van der Waals surface area contributed by atoms with Gasteiger partial charge in [-0.1, -0.05) is 30.0 Å². The van der Waals surface area contributed by atoms with Crippen LogP contribution in [0.3, 0.4) is 0 Å². The third-order valence-corrected chi connectivity index (χ3v) is 4.87. The van der Waals surface area contributed by atoms with Crippen molar-refractivity contribution in [3.63, 3.8) is 0 Å². The molecule has 0 aliphatic rings. The van der Waals surface area contributed by atoms with Gasteiger partial charge in [0.25, 0.3) is 0 Å². The average molecular weight is 384 g/mol. The zero-order valence-electron chi connectivity index (χ0n) is 15.0. The number of fused-ring (bicyclic) bond motifs is 1. The van der Waals surface area contributed by atoms with Gasteiger partial charge in [-0.2, -0.15) is 0 Å². The maximum Gasteiger partial charge on any atom is 0.326 e. The lowest BCUT2D eigenvalue weighted by atomic mass is 10.1. The molecule has 2 heterocycles. The lowest BCUT2D eigenvalue weighted by molar-refractivity contribution is -0.141. The van der Waals surface area contributed by atoms with Gasteiger partial charge in [0.2, 0.25) is 5.91 Å². The van der Waals surface area contributed by atoms with Crippen molar-refractivity contribution in [1.82, 2.24) is 20.3 Å². The third kappa shape index (κ3) is 4.85. The molecule has 2 aromatic heterocycles. The first-order valence-corrected chi connectivity index (χ1v) is 9.43. The van der Waals surface area contributed by atoms with E-state index < -0.39 is 12.0 Å². The molecule has 0 spiro atoms. The highest BCUT2D eigenvalue weighted by Crippen LogP contribution is 2.19. The number of hydrogen-bond acceptors (Lipinski definition) is 5. The molecule has 1 aromatic carbocycles. The first kappa shape index (κ1) is 18.9. The van der Waals surface area contributed by atoms with Gasteiger partial charge in [0.05, 0.1) is 5.75 Å². The van der Waals surface area contributed by atoms with Crippen molar-refractivity contribution in [2.75, 3.05) is 5.75 Å². The molecule has 0 saturated heterocycles. The van der Waals surface area contributed by atoms with Crippen LogP contribution in [0.2, 0.25) is 0 Å².